The van der Waals surface area contributed by atoms with Gasteiger partial charge in [-0.25, -0.2) is 4.79 Å². The molecule has 0 fully saturated rings. The molecule has 0 heterocycles. The van der Waals surface area contributed by atoms with Crippen LogP contribution in [0, 0.1) is 6.92 Å². The van der Waals surface area contributed by atoms with Gasteiger partial charge in [0.05, 0.1) is 5.56 Å². The van der Waals surface area contributed by atoms with Crippen LogP contribution in [-0.4, -0.2) is 23.7 Å². The van der Waals surface area contributed by atoms with Crippen molar-refractivity contribution in [1.29, 1.82) is 0 Å². The molecule has 22 heavy (non-hydrogen) atoms. The lowest BCUT2D eigenvalue weighted by Crippen LogP contribution is -2.28. The Morgan fingerprint density at radius 1 is 1.23 bits per heavy atom. The molecule has 2 aromatic rings. The number of aromatic carboxylic acids is 1. The van der Waals surface area contributed by atoms with Gasteiger partial charge in [-0.15, -0.1) is 0 Å². The van der Waals surface area contributed by atoms with Crippen molar-refractivity contribution in [1.82, 2.24) is 5.32 Å². The number of hydrogen-bond donors (Lipinski definition) is 2. The third-order valence-electron chi connectivity index (χ3n) is 3.36. The molecule has 0 amide bonds. The van der Waals surface area contributed by atoms with Crippen molar-refractivity contribution >= 4 is 5.97 Å². The third-order valence-corrected chi connectivity index (χ3v) is 3.36. The maximum atomic E-state index is 10.9. The number of rotatable bonds is 7. The number of hydrogen-bond acceptors (Lipinski definition) is 3. The van der Waals surface area contributed by atoms with Crippen LogP contribution < -0.4 is 10.1 Å². The topological polar surface area (TPSA) is 58.6 Å². The van der Waals surface area contributed by atoms with Crippen molar-refractivity contribution in [2.24, 2.45) is 0 Å². The first kappa shape index (κ1) is 16.0. The van der Waals surface area contributed by atoms with Crippen LogP contribution in [0.5, 0.6) is 5.75 Å². The number of aryl methyl sites for hydroxylation is 1. The second-order valence-corrected chi connectivity index (χ2v) is 5.33. The van der Waals surface area contributed by atoms with E-state index in [0.29, 0.717) is 18.7 Å². The highest BCUT2D eigenvalue weighted by Crippen LogP contribution is 2.17. The van der Waals surface area contributed by atoms with Crippen LogP contribution in [0.3, 0.4) is 0 Å². The van der Waals surface area contributed by atoms with E-state index >= 15 is 0 Å². The molecule has 1 atom stereocenters. The lowest BCUT2D eigenvalue weighted by Gasteiger charge is -2.17. The van der Waals surface area contributed by atoms with Crippen LogP contribution in [0.1, 0.15) is 28.4 Å². The van der Waals surface area contributed by atoms with E-state index in [2.05, 4.69) is 5.32 Å². The molecular formula is C18H21NO3. The van der Waals surface area contributed by atoms with Gasteiger partial charge in [0.15, 0.2) is 0 Å². The first-order valence-corrected chi connectivity index (χ1v) is 7.31. The van der Waals surface area contributed by atoms with Crippen LogP contribution >= 0.6 is 0 Å². The molecule has 0 spiro atoms. The molecule has 0 aliphatic carbocycles. The van der Waals surface area contributed by atoms with Gasteiger partial charge in [-0.2, -0.15) is 0 Å². The molecule has 0 aromatic heterocycles. The molecular weight excluding hydrogens is 278 g/mol. The number of para-hydroxylation sites is 1. The summed E-state index contributed by atoms with van der Waals surface area (Å²) >= 11 is 0. The Morgan fingerprint density at radius 2 is 2.00 bits per heavy atom. The molecule has 2 N–H and O–H groups in total. The minimum absolute atomic E-state index is 0.0313. The lowest BCUT2D eigenvalue weighted by atomic mass is 10.1. The Bertz CT molecular complexity index is 640. The van der Waals surface area contributed by atoms with Crippen LogP contribution in [0.15, 0.2) is 48.5 Å². The predicted octanol–water partition coefficient (Wildman–Crippen LogP) is 3.25. The lowest BCUT2D eigenvalue weighted by molar-refractivity contribution is 0.0696. The normalized spacial score (nSPS) is 11.9. The Balaban J connectivity index is 1.82. The van der Waals surface area contributed by atoms with Gasteiger partial charge in [-0.3, -0.25) is 0 Å². The zero-order valence-corrected chi connectivity index (χ0v) is 12.9. The van der Waals surface area contributed by atoms with Crippen LogP contribution in [0.25, 0.3) is 0 Å². The summed E-state index contributed by atoms with van der Waals surface area (Å²) in [6.07, 6.45) is 0.0313. The second kappa shape index (κ2) is 7.61. The molecule has 2 aromatic carbocycles. The highest BCUT2D eigenvalue weighted by atomic mass is 16.5. The second-order valence-electron chi connectivity index (χ2n) is 5.33. The maximum absolute atomic E-state index is 10.9. The van der Waals surface area contributed by atoms with E-state index in [-0.39, 0.29) is 6.10 Å². The first-order valence-electron chi connectivity index (χ1n) is 7.31. The number of carboxylic acid groups (broad SMARTS) is 1. The molecule has 116 valence electrons. The molecule has 0 saturated heterocycles. The first-order chi connectivity index (χ1) is 10.6. The summed E-state index contributed by atoms with van der Waals surface area (Å²) in [5.41, 5.74) is 2.37. The van der Waals surface area contributed by atoms with Crippen molar-refractivity contribution in [3.05, 3.63) is 65.2 Å². The summed E-state index contributed by atoms with van der Waals surface area (Å²) < 4.78 is 5.89. The monoisotopic (exact) mass is 299 g/mol. The Morgan fingerprint density at radius 3 is 2.73 bits per heavy atom. The standard InChI is InChI=1S/C18H21NO3/c1-13-6-3-4-9-17(13)22-14(2)11-19-12-15-7-5-8-16(10-15)18(20)21/h3-10,14,19H,11-12H2,1-2H3,(H,20,21). The number of nitrogens with one attached hydrogen (secondary N) is 1. The highest BCUT2D eigenvalue weighted by molar-refractivity contribution is 5.87. The van der Waals surface area contributed by atoms with E-state index in [9.17, 15) is 4.79 Å². The summed E-state index contributed by atoms with van der Waals surface area (Å²) in [5, 5.41) is 12.3. The average Bonchev–Trinajstić information content (AvgIpc) is 2.50. The zero-order valence-electron chi connectivity index (χ0n) is 12.9. The van der Waals surface area contributed by atoms with E-state index < -0.39 is 5.97 Å². The molecule has 1 unspecified atom stereocenters. The minimum atomic E-state index is -0.905. The number of ether oxygens (including phenoxy) is 1. The van der Waals surface area contributed by atoms with Crippen molar-refractivity contribution in [2.75, 3.05) is 6.54 Å². The Hall–Kier alpha value is -2.33. The molecule has 4 nitrogen and oxygen atoms in total. The number of benzene rings is 2. The van der Waals surface area contributed by atoms with Gasteiger partial charge in [-0.05, 0) is 43.2 Å². The highest BCUT2D eigenvalue weighted by Gasteiger charge is 2.06. The SMILES string of the molecule is Cc1ccccc1OC(C)CNCc1cccc(C(=O)O)c1. The Labute approximate surface area is 130 Å². The van der Waals surface area contributed by atoms with Gasteiger partial charge < -0.3 is 15.2 Å². The summed E-state index contributed by atoms with van der Waals surface area (Å²) in [4.78, 5) is 10.9. The van der Waals surface area contributed by atoms with Gasteiger partial charge in [0.25, 0.3) is 0 Å². The quantitative estimate of drug-likeness (QED) is 0.824. The number of carbonyl (C=O) groups is 1. The predicted molar refractivity (Wildman–Crippen MR) is 86.4 cm³/mol. The largest absolute Gasteiger partial charge is 0.489 e. The fraction of sp³-hybridized carbons (Fsp3) is 0.278. The van der Waals surface area contributed by atoms with Crippen molar-refractivity contribution < 1.29 is 14.6 Å². The van der Waals surface area contributed by atoms with Gasteiger partial charge in [0, 0.05) is 13.1 Å². The minimum Gasteiger partial charge on any atom is -0.489 e. The van der Waals surface area contributed by atoms with Gasteiger partial charge in [0.2, 0.25) is 0 Å². The van der Waals surface area contributed by atoms with Crippen LogP contribution in [-0.2, 0) is 6.54 Å². The summed E-state index contributed by atoms with van der Waals surface area (Å²) in [5.74, 6) is -0.0113. The van der Waals surface area contributed by atoms with Crippen LogP contribution in [0.2, 0.25) is 0 Å². The Kier molecular flexibility index (Phi) is 5.55. The fourth-order valence-corrected chi connectivity index (χ4v) is 2.18. The van der Waals surface area contributed by atoms with Crippen molar-refractivity contribution in [2.45, 2.75) is 26.5 Å². The molecule has 0 aliphatic heterocycles. The van der Waals surface area contributed by atoms with Gasteiger partial charge in [0.1, 0.15) is 11.9 Å². The van der Waals surface area contributed by atoms with Gasteiger partial charge in [-0.1, -0.05) is 30.3 Å². The average molecular weight is 299 g/mol. The van der Waals surface area contributed by atoms with E-state index in [1.54, 1.807) is 18.2 Å². The molecule has 0 saturated carbocycles. The van der Waals surface area contributed by atoms with Crippen LogP contribution in [0.4, 0.5) is 0 Å². The summed E-state index contributed by atoms with van der Waals surface area (Å²) in [6.45, 7) is 5.33. The van der Waals surface area contributed by atoms with E-state index in [1.807, 2.05) is 44.2 Å². The van der Waals surface area contributed by atoms with E-state index in [1.165, 1.54) is 0 Å². The third kappa shape index (κ3) is 4.60. The molecule has 0 radical (unpaired) electrons. The molecule has 2 rings (SSSR count). The smallest absolute Gasteiger partial charge is 0.335 e. The summed E-state index contributed by atoms with van der Waals surface area (Å²) in [7, 11) is 0. The van der Waals surface area contributed by atoms with Crippen molar-refractivity contribution in [3.8, 4) is 5.75 Å². The van der Waals surface area contributed by atoms with Gasteiger partial charge >= 0.3 is 5.97 Å². The maximum Gasteiger partial charge on any atom is 0.335 e. The number of carboxylic acids is 1. The molecule has 4 heteroatoms. The summed E-state index contributed by atoms with van der Waals surface area (Å²) in [6, 6.07) is 14.9. The van der Waals surface area contributed by atoms with E-state index in [0.717, 1.165) is 16.9 Å². The molecule has 0 aliphatic rings. The molecule has 0 bridgehead atoms. The van der Waals surface area contributed by atoms with Crippen molar-refractivity contribution in [3.63, 3.8) is 0 Å². The van der Waals surface area contributed by atoms with E-state index in [4.69, 9.17) is 9.84 Å². The zero-order chi connectivity index (χ0) is 15.9. The fourth-order valence-electron chi connectivity index (χ4n) is 2.18.